The molecule has 1 aliphatic rings. The number of aromatic nitrogens is 2. The van der Waals surface area contributed by atoms with Gasteiger partial charge in [-0.05, 0) is 37.1 Å². The van der Waals surface area contributed by atoms with Gasteiger partial charge in [-0.1, -0.05) is 0 Å². The molecule has 2 heterocycles. The predicted molar refractivity (Wildman–Crippen MR) is 95.8 cm³/mol. The number of nitrogens with one attached hydrogen (secondary N) is 1. The van der Waals surface area contributed by atoms with Gasteiger partial charge in [-0.15, -0.1) is 12.4 Å². The van der Waals surface area contributed by atoms with E-state index in [1.165, 1.54) is 16.4 Å². The Balaban J connectivity index is 0.00000225. The number of hydrogen-bond donors (Lipinski definition) is 1. The number of halogens is 2. The van der Waals surface area contributed by atoms with Crippen LogP contribution in [-0.2, 0) is 17.1 Å². The highest BCUT2D eigenvalue weighted by atomic mass is 35.5. The molecule has 1 aromatic carbocycles. The van der Waals surface area contributed by atoms with Crippen molar-refractivity contribution >= 4 is 22.4 Å². The highest BCUT2D eigenvalue weighted by Crippen LogP contribution is 2.29. The molecule has 0 amide bonds. The molecule has 0 spiro atoms. The van der Waals surface area contributed by atoms with Crippen molar-refractivity contribution < 1.29 is 12.8 Å². The molecule has 1 N–H and O–H groups in total. The van der Waals surface area contributed by atoms with E-state index >= 15 is 0 Å². The lowest BCUT2D eigenvalue weighted by Crippen LogP contribution is -2.49. The van der Waals surface area contributed by atoms with Crippen molar-refractivity contribution in [2.75, 3.05) is 19.6 Å². The van der Waals surface area contributed by atoms with Crippen molar-refractivity contribution in [2.45, 2.75) is 24.8 Å². The summed E-state index contributed by atoms with van der Waals surface area (Å²) in [4.78, 5) is 4.43. The van der Waals surface area contributed by atoms with Gasteiger partial charge in [0, 0.05) is 39.1 Å². The highest BCUT2D eigenvalue weighted by Gasteiger charge is 2.36. The van der Waals surface area contributed by atoms with Gasteiger partial charge in [0.25, 0.3) is 0 Å². The minimum absolute atomic E-state index is 0. The predicted octanol–water partition coefficient (Wildman–Crippen LogP) is 1.93. The third-order valence-electron chi connectivity index (χ3n) is 4.37. The number of benzene rings is 1. The molecule has 1 atom stereocenters. The van der Waals surface area contributed by atoms with E-state index in [-0.39, 0.29) is 23.1 Å². The molecule has 2 aromatic rings. The maximum Gasteiger partial charge on any atom is 0.243 e. The summed E-state index contributed by atoms with van der Waals surface area (Å²) in [5.41, 5.74) is 0.662. The minimum Gasteiger partial charge on any atom is -0.337 e. The molecule has 1 saturated heterocycles. The molecule has 1 aromatic heterocycles. The van der Waals surface area contributed by atoms with Crippen LogP contribution in [0.1, 0.15) is 23.0 Å². The second-order valence-electron chi connectivity index (χ2n) is 6.10. The van der Waals surface area contributed by atoms with Crippen LogP contribution in [0.3, 0.4) is 0 Å². The molecule has 0 aliphatic carbocycles. The number of hydrogen-bond acceptors (Lipinski definition) is 4. The van der Waals surface area contributed by atoms with Gasteiger partial charge in [0.1, 0.15) is 11.6 Å². The van der Waals surface area contributed by atoms with Crippen molar-refractivity contribution in [2.24, 2.45) is 7.05 Å². The maximum absolute atomic E-state index is 13.9. The first-order valence-corrected chi connectivity index (χ1v) is 9.23. The van der Waals surface area contributed by atoms with E-state index in [0.717, 1.165) is 0 Å². The van der Waals surface area contributed by atoms with Crippen LogP contribution < -0.4 is 5.32 Å². The summed E-state index contributed by atoms with van der Waals surface area (Å²) in [7, 11) is -1.90. The van der Waals surface area contributed by atoms with Crippen LogP contribution in [0.15, 0.2) is 29.4 Å². The highest BCUT2D eigenvalue weighted by molar-refractivity contribution is 7.89. The first-order valence-electron chi connectivity index (χ1n) is 7.79. The number of piperazine rings is 1. The fourth-order valence-electron chi connectivity index (χ4n) is 3.08. The molecular weight excluding hydrogens is 367 g/mol. The van der Waals surface area contributed by atoms with E-state index in [9.17, 15) is 12.8 Å². The molecule has 6 nitrogen and oxygen atoms in total. The van der Waals surface area contributed by atoms with E-state index in [4.69, 9.17) is 0 Å². The van der Waals surface area contributed by atoms with Crippen molar-refractivity contribution in [1.82, 2.24) is 19.2 Å². The van der Waals surface area contributed by atoms with E-state index in [2.05, 4.69) is 10.3 Å². The van der Waals surface area contributed by atoms with E-state index in [1.807, 2.05) is 11.6 Å². The van der Waals surface area contributed by atoms with Gasteiger partial charge >= 0.3 is 0 Å². The second kappa shape index (κ2) is 7.41. The largest absolute Gasteiger partial charge is 0.337 e. The molecular formula is C16H22ClFN4O2S. The summed E-state index contributed by atoms with van der Waals surface area (Å²) in [5, 5.41) is 3.22. The van der Waals surface area contributed by atoms with Gasteiger partial charge in [-0.2, -0.15) is 4.31 Å². The summed E-state index contributed by atoms with van der Waals surface area (Å²) < 4.78 is 43.5. The molecule has 138 valence electrons. The van der Waals surface area contributed by atoms with Gasteiger partial charge in [0.15, 0.2) is 0 Å². The molecule has 25 heavy (non-hydrogen) atoms. The van der Waals surface area contributed by atoms with Crippen LogP contribution in [-0.4, -0.2) is 41.9 Å². The topological polar surface area (TPSA) is 67.2 Å². The lowest BCUT2D eigenvalue weighted by molar-refractivity contribution is 0.258. The number of rotatable bonds is 3. The van der Waals surface area contributed by atoms with Gasteiger partial charge in [0.05, 0.1) is 10.9 Å². The molecule has 1 unspecified atom stereocenters. The summed E-state index contributed by atoms with van der Waals surface area (Å²) in [6.07, 6.45) is 3.45. The first kappa shape index (κ1) is 19.8. The van der Waals surface area contributed by atoms with Gasteiger partial charge < -0.3 is 9.88 Å². The Morgan fingerprint density at radius 3 is 2.48 bits per heavy atom. The number of imidazole rings is 1. The summed E-state index contributed by atoms with van der Waals surface area (Å²) in [6, 6.07) is 2.40. The van der Waals surface area contributed by atoms with E-state index < -0.39 is 16.1 Å². The molecule has 0 bridgehead atoms. The molecule has 0 radical (unpaired) electrons. The monoisotopic (exact) mass is 388 g/mol. The smallest absolute Gasteiger partial charge is 0.243 e. The molecule has 1 aliphatic heterocycles. The molecule has 1 fully saturated rings. The molecule has 0 saturated carbocycles. The van der Waals surface area contributed by atoms with Crippen molar-refractivity contribution in [3.8, 4) is 0 Å². The SMILES string of the molecule is Cc1cc(S(=O)(=O)N2CCNCC2c2nccn2C)cc(C)c1F.Cl. The quantitative estimate of drug-likeness (QED) is 0.872. The summed E-state index contributed by atoms with van der Waals surface area (Å²) in [5.74, 6) is 0.316. The van der Waals surface area contributed by atoms with Crippen molar-refractivity contribution in [3.63, 3.8) is 0 Å². The Bertz CT molecular complexity index is 846. The zero-order chi connectivity index (χ0) is 17.5. The fourth-order valence-corrected chi connectivity index (χ4v) is 4.84. The fraction of sp³-hybridized carbons (Fsp3) is 0.438. The lowest BCUT2D eigenvalue weighted by Gasteiger charge is -2.34. The third kappa shape index (κ3) is 3.57. The molecule has 9 heteroatoms. The first-order chi connectivity index (χ1) is 11.3. The van der Waals surface area contributed by atoms with Gasteiger partial charge in [-0.25, -0.2) is 17.8 Å². The standard InChI is InChI=1S/C16H21FN4O2S.ClH/c1-11-8-13(9-12(2)15(11)17)24(22,23)21-7-4-18-10-14(21)16-19-5-6-20(16)3;/h5-6,8-9,14,18H,4,7,10H2,1-3H3;1H. The van der Waals surface area contributed by atoms with Gasteiger partial charge in [0.2, 0.25) is 10.0 Å². The maximum atomic E-state index is 13.9. The van der Waals surface area contributed by atoms with Crippen molar-refractivity contribution in [3.05, 3.63) is 47.3 Å². The van der Waals surface area contributed by atoms with E-state index in [0.29, 0.717) is 36.6 Å². The minimum atomic E-state index is -3.74. The Hall–Kier alpha value is -1.48. The number of aryl methyl sites for hydroxylation is 3. The van der Waals surface area contributed by atoms with Gasteiger partial charge in [-0.3, -0.25) is 0 Å². The van der Waals surface area contributed by atoms with Crippen LogP contribution in [0, 0.1) is 19.7 Å². The lowest BCUT2D eigenvalue weighted by atomic mass is 10.1. The van der Waals surface area contributed by atoms with Crippen LogP contribution in [0.5, 0.6) is 0 Å². The Labute approximate surface area is 153 Å². The zero-order valence-electron chi connectivity index (χ0n) is 14.4. The van der Waals surface area contributed by atoms with Crippen LogP contribution in [0.25, 0.3) is 0 Å². The number of nitrogens with zero attached hydrogens (tertiary/aromatic N) is 3. The zero-order valence-corrected chi connectivity index (χ0v) is 16.0. The van der Waals surface area contributed by atoms with Crippen LogP contribution in [0.2, 0.25) is 0 Å². The van der Waals surface area contributed by atoms with Crippen molar-refractivity contribution in [1.29, 1.82) is 0 Å². The normalized spacial score (nSPS) is 18.8. The summed E-state index contributed by atoms with van der Waals surface area (Å²) >= 11 is 0. The second-order valence-corrected chi connectivity index (χ2v) is 7.99. The average Bonchev–Trinajstić information content (AvgIpc) is 2.98. The Morgan fingerprint density at radius 2 is 1.92 bits per heavy atom. The summed E-state index contributed by atoms with van der Waals surface area (Å²) in [6.45, 7) is 4.56. The Kier molecular flexibility index (Phi) is 5.88. The average molecular weight is 389 g/mol. The van der Waals surface area contributed by atoms with E-state index in [1.54, 1.807) is 26.2 Å². The Morgan fingerprint density at radius 1 is 1.28 bits per heavy atom. The molecule has 3 rings (SSSR count). The van der Waals surface area contributed by atoms with Crippen LogP contribution in [0.4, 0.5) is 4.39 Å². The number of sulfonamides is 1. The third-order valence-corrected chi connectivity index (χ3v) is 6.25. The van der Waals surface area contributed by atoms with Crippen LogP contribution >= 0.6 is 12.4 Å².